The van der Waals surface area contributed by atoms with Gasteiger partial charge in [0.25, 0.3) is 5.91 Å². The van der Waals surface area contributed by atoms with Crippen molar-refractivity contribution < 1.29 is 4.79 Å². The lowest BCUT2D eigenvalue weighted by molar-refractivity contribution is 0.0761. The fourth-order valence-corrected chi connectivity index (χ4v) is 3.45. The molecule has 0 radical (unpaired) electrons. The Balaban J connectivity index is 1.38. The van der Waals surface area contributed by atoms with Gasteiger partial charge in [-0.25, -0.2) is 9.97 Å². The van der Waals surface area contributed by atoms with Crippen molar-refractivity contribution in [2.45, 2.75) is 13.0 Å². The largest absolute Gasteiger partial charge is 0.337 e. The van der Waals surface area contributed by atoms with Crippen LogP contribution < -0.4 is 0 Å². The lowest BCUT2D eigenvalue weighted by Gasteiger charge is -2.22. The summed E-state index contributed by atoms with van der Waals surface area (Å²) in [5.74, 6) is 0.752. The third-order valence-corrected chi connectivity index (χ3v) is 4.94. The van der Waals surface area contributed by atoms with Crippen LogP contribution in [0.25, 0.3) is 11.4 Å². The number of hydrogen-bond donors (Lipinski definition) is 0. The molecule has 0 atom stereocenters. The van der Waals surface area contributed by atoms with Crippen molar-refractivity contribution in [2.24, 2.45) is 0 Å². The highest BCUT2D eigenvalue weighted by atomic mass is 16.2. The molecule has 1 amide bonds. The van der Waals surface area contributed by atoms with E-state index in [2.05, 4.69) is 19.9 Å². The number of pyridine rings is 1. The van der Waals surface area contributed by atoms with Gasteiger partial charge in [0.05, 0.1) is 5.69 Å². The zero-order chi connectivity index (χ0) is 19.2. The number of hydrogen-bond acceptors (Lipinski definition) is 5. The zero-order valence-electron chi connectivity index (χ0n) is 15.7. The van der Waals surface area contributed by atoms with Crippen LogP contribution in [0.2, 0.25) is 0 Å². The van der Waals surface area contributed by atoms with Gasteiger partial charge in [0.15, 0.2) is 5.82 Å². The van der Waals surface area contributed by atoms with E-state index in [0.717, 1.165) is 50.4 Å². The van der Waals surface area contributed by atoms with Crippen LogP contribution in [0.15, 0.2) is 67.1 Å². The fourth-order valence-electron chi connectivity index (χ4n) is 3.45. The van der Waals surface area contributed by atoms with E-state index in [-0.39, 0.29) is 5.91 Å². The summed E-state index contributed by atoms with van der Waals surface area (Å²) in [6, 6.07) is 15.3. The molecule has 0 aliphatic carbocycles. The Kier molecular flexibility index (Phi) is 5.68. The van der Waals surface area contributed by atoms with Gasteiger partial charge in [0.1, 0.15) is 0 Å². The molecule has 28 heavy (non-hydrogen) atoms. The van der Waals surface area contributed by atoms with Gasteiger partial charge in [0, 0.05) is 62.4 Å². The highest BCUT2D eigenvalue weighted by molar-refractivity contribution is 5.94. The Bertz CT molecular complexity index is 899. The summed E-state index contributed by atoms with van der Waals surface area (Å²) in [6.45, 7) is 4.17. The molecule has 6 nitrogen and oxygen atoms in total. The van der Waals surface area contributed by atoms with Crippen molar-refractivity contribution in [1.29, 1.82) is 0 Å². The molecule has 142 valence electrons. The Labute approximate surface area is 164 Å². The third kappa shape index (κ3) is 4.40. The number of carbonyl (C=O) groups is 1. The topological polar surface area (TPSA) is 62.2 Å². The Morgan fingerprint density at radius 3 is 2.36 bits per heavy atom. The van der Waals surface area contributed by atoms with Crippen molar-refractivity contribution in [3.63, 3.8) is 0 Å². The Morgan fingerprint density at radius 1 is 0.821 bits per heavy atom. The summed E-state index contributed by atoms with van der Waals surface area (Å²) in [5, 5.41) is 0. The van der Waals surface area contributed by atoms with Crippen LogP contribution in [-0.4, -0.2) is 56.8 Å². The van der Waals surface area contributed by atoms with Gasteiger partial charge < -0.3 is 4.90 Å². The molecule has 1 fully saturated rings. The standard InChI is InChI=1S/C22H23N5O/c28-22(19-8-6-18(7-9-19)21-24-11-3-12-25-21)27-14-4-13-26(15-16-27)17-20-5-1-2-10-23-20/h1-3,5-12H,4,13-17H2. The van der Waals surface area contributed by atoms with E-state index in [1.165, 1.54) is 0 Å². The molecule has 0 bridgehead atoms. The van der Waals surface area contributed by atoms with E-state index in [0.29, 0.717) is 11.4 Å². The molecule has 1 saturated heterocycles. The first kappa shape index (κ1) is 18.3. The summed E-state index contributed by atoms with van der Waals surface area (Å²) >= 11 is 0. The van der Waals surface area contributed by atoms with E-state index in [9.17, 15) is 4.79 Å². The Morgan fingerprint density at radius 2 is 1.61 bits per heavy atom. The van der Waals surface area contributed by atoms with Crippen molar-refractivity contribution in [3.8, 4) is 11.4 Å². The average molecular weight is 373 g/mol. The number of nitrogens with zero attached hydrogens (tertiary/aromatic N) is 5. The number of aromatic nitrogens is 3. The van der Waals surface area contributed by atoms with Crippen LogP contribution in [0.3, 0.4) is 0 Å². The SMILES string of the molecule is O=C(c1ccc(-c2ncccn2)cc1)N1CCCN(Cc2ccccn2)CC1. The van der Waals surface area contributed by atoms with E-state index < -0.39 is 0 Å². The summed E-state index contributed by atoms with van der Waals surface area (Å²) in [5.41, 5.74) is 2.69. The first-order valence-corrected chi connectivity index (χ1v) is 9.58. The average Bonchev–Trinajstić information content (AvgIpc) is 3.00. The second kappa shape index (κ2) is 8.71. The summed E-state index contributed by atoms with van der Waals surface area (Å²) in [4.78, 5) is 30.2. The molecule has 4 rings (SSSR count). The van der Waals surface area contributed by atoms with Crippen molar-refractivity contribution in [3.05, 3.63) is 78.4 Å². The van der Waals surface area contributed by atoms with E-state index in [1.54, 1.807) is 18.5 Å². The van der Waals surface area contributed by atoms with Gasteiger partial charge in [-0.15, -0.1) is 0 Å². The number of carbonyl (C=O) groups excluding carboxylic acids is 1. The zero-order valence-corrected chi connectivity index (χ0v) is 15.7. The molecule has 1 aromatic carbocycles. The molecule has 3 heterocycles. The first-order valence-electron chi connectivity index (χ1n) is 9.58. The highest BCUT2D eigenvalue weighted by Crippen LogP contribution is 2.17. The van der Waals surface area contributed by atoms with Gasteiger partial charge in [-0.3, -0.25) is 14.7 Å². The summed E-state index contributed by atoms with van der Waals surface area (Å²) in [7, 11) is 0. The fraction of sp³-hybridized carbons (Fsp3) is 0.273. The van der Waals surface area contributed by atoms with Crippen molar-refractivity contribution in [2.75, 3.05) is 26.2 Å². The molecule has 0 N–H and O–H groups in total. The minimum atomic E-state index is 0.0835. The van der Waals surface area contributed by atoms with Crippen LogP contribution in [0.4, 0.5) is 0 Å². The molecular formula is C22H23N5O. The van der Waals surface area contributed by atoms with Crippen LogP contribution >= 0.6 is 0 Å². The van der Waals surface area contributed by atoms with Crippen molar-refractivity contribution >= 4 is 5.91 Å². The van der Waals surface area contributed by atoms with E-state index in [1.807, 2.05) is 53.6 Å². The minimum absolute atomic E-state index is 0.0835. The predicted molar refractivity (Wildman–Crippen MR) is 108 cm³/mol. The molecule has 0 spiro atoms. The van der Waals surface area contributed by atoms with Crippen LogP contribution in [0, 0.1) is 0 Å². The summed E-state index contributed by atoms with van der Waals surface area (Å²) < 4.78 is 0. The van der Waals surface area contributed by atoms with Crippen LogP contribution in [0.1, 0.15) is 22.5 Å². The predicted octanol–water partition coefficient (Wildman–Crippen LogP) is 2.89. The van der Waals surface area contributed by atoms with Crippen LogP contribution in [0.5, 0.6) is 0 Å². The first-order chi connectivity index (χ1) is 13.8. The highest BCUT2D eigenvalue weighted by Gasteiger charge is 2.20. The number of rotatable bonds is 4. The monoisotopic (exact) mass is 373 g/mol. The second-order valence-electron chi connectivity index (χ2n) is 6.89. The van der Waals surface area contributed by atoms with Gasteiger partial charge in [0.2, 0.25) is 0 Å². The molecule has 2 aromatic heterocycles. The quantitative estimate of drug-likeness (QED) is 0.704. The van der Waals surface area contributed by atoms with E-state index >= 15 is 0 Å². The molecule has 6 heteroatoms. The lowest BCUT2D eigenvalue weighted by Crippen LogP contribution is -2.35. The maximum atomic E-state index is 12.9. The molecule has 1 aliphatic rings. The van der Waals surface area contributed by atoms with Gasteiger partial charge in [-0.2, -0.15) is 0 Å². The maximum absolute atomic E-state index is 12.9. The van der Waals surface area contributed by atoms with Gasteiger partial charge >= 0.3 is 0 Å². The molecule has 3 aromatic rings. The smallest absolute Gasteiger partial charge is 0.253 e. The van der Waals surface area contributed by atoms with Crippen LogP contribution in [-0.2, 0) is 6.54 Å². The third-order valence-electron chi connectivity index (χ3n) is 4.94. The lowest BCUT2D eigenvalue weighted by atomic mass is 10.1. The van der Waals surface area contributed by atoms with Gasteiger partial charge in [-0.05, 0) is 36.8 Å². The molecular weight excluding hydrogens is 350 g/mol. The summed E-state index contributed by atoms with van der Waals surface area (Å²) in [6.07, 6.45) is 6.23. The molecule has 1 aliphatic heterocycles. The number of amides is 1. The van der Waals surface area contributed by atoms with E-state index in [4.69, 9.17) is 0 Å². The minimum Gasteiger partial charge on any atom is -0.337 e. The maximum Gasteiger partial charge on any atom is 0.253 e. The van der Waals surface area contributed by atoms with Gasteiger partial charge in [-0.1, -0.05) is 18.2 Å². The number of benzene rings is 1. The second-order valence-corrected chi connectivity index (χ2v) is 6.89. The van der Waals surface area contributed by atoms with Crippen molar-refractivity contribution in [1.82, 2.24) is 24.8 Å². The Hall–Kier alpha value is -3.12. The molecule has 0 saturated carbocycles. The normalized spacial score (nSPS) is 15.2. The molecule has 0 unspecified atom stereocenters.